The smallest absolute Gasteiger partial charge is 0.359 e. The zero-order valence-corrected chi connectivity index (χ0v) is 20.9. The maximum atomic E-state index is 13.8. The monoisotopic (exact) mass is 480 g/mol. The normalized spacial score (nSPS) is 10.8. The fourth-order valence-electron chi connectivity index (χ4n) is 3.95. The molecule has 0 aliphatic carbocycles. The quantitative estimate of drug-likeness (QED) is 0.236. The summed E-state index contributed by atoms with van der Waals surface area (Å²) in [6.07, 6.45) is 0. The summed E-state index contributed by atoms with van der Waals surface area (Å²) in [6.45, 7) is 7.53. The molecule has 4 rings (SSSR count). The van der Waals surface area contributed by atoms with Crippen LogP contribution < -0.4 is 0 Å². The van der Waals surface area contributed by atoms with Crippen molar-refractivity contribution in [3.8, 4) is 11.3 Å². The van der Waals surface area contributed by atoms with Gasteiger partial charge in [0.05, 0.1) is 17.9 Å². The molecule has 1 aromatic heterocycles. The summed E-state index contributed by atoms with van der Waals surface area (Å²) in [5, 5.41) is 4.48. The minimum atomic E-state index is -0.706. The first kappa shape index (κ1) is 24.8. The Bertz CT molecular complexity index is 1410. The van der Waals surface area contributed by atoms with E-state index < -0.39 is 5.97 Å². The summed E-state index contributed by atoms with van der Waals surface area (Å²) >= 11 is 0. The van der Waals surface area contributed by atoms with Gasteiger partial charge >= 0.3 is 5.97 Å². The third kappa shape index (κ3) is 5.18. The molecule has 0 saturated carbocycles. The van der Waals surface area contributed by atoms with Crippen LogP contribution in [0.3, 0.4) is 0 Å². The number of carbonyl (C=O) groups is 3. The Morgan fingerprint density at radius 3 is 1.78 bits per heavy atom. The van der Waals surface area contributed by atoms with Crippen molar-refractivity contribution >= 4 is 17.5 Å². The lowest BCUT2D eigenvalue weighted by molar-refractivity contribution is 0.0515. The Hall–Kier alpha value is -4.32. The highest BCUT2D eigenvalue weighted by Crippen LogP contribution is 2.30. The van der Waals surface area contributed by atoms with E-state index in [1.54, 1.807) is 31.2 Å². The Morgan fingerprint density at radius 2 is 1.25 bits per heavy atom. The number of Topliss-reactive ketones (excluding diaryl/α,β-unsaturated/α-hetero) is 1. The molecule has 0 unspecified atom stereocenters. The highest BCUT2D eigenvalue weighted by molar-refractivity contribution is 6.17. The Labute approximate surface area is 210 Å². The van der Waals surface area contributed by atoms with Crippen LogP contribution in [0.15, 0.2) is 72.8 Å². The number of ether oxygens (including phenoxy) is 1. The molecule has 6 heteroatoms. The van der Waals surface area contributed by atoms with Gasteiger partial charge in [0.25, 0.3) is 0 Å². The summed E-state index contributed by atoms with van der Waals surface area (Å²) in [5.41, 5.74) is 5.14. The number of aromatic nitrogens is 2. The van der Waals surface area contributed by atoms with Crippen molar-refractivity contribution in [1.29, 1.82) is 0 Å². The van der Waals surface area contributed by atoms with Gasteiger partial charge in [-0.1, -0.05) is 89.5 Å². The van der Waals surface area contributed by atoms with E-state index in [2.05, 4.69) is 5.10 Å². The average molecular weight is 481 g/mol. The fourth-order valence-corrected chi connectivity index (χ4v) is 3.95. The minimum absolute atomic E-state index is 0.102. The molecule has 4 aromatic rings. The van der Waals surface area contributed by atoms with Crippen molar-refractivity contribution < 1.29 is 19.1 Å². The SMILES string of the molecule is CCOC(=O)c1nn(CC(=O)c2ccc(C)cc2)c(-c2ccc(C)cc2)c1C(=O)c1ccc(C)cc1. The zero-order valence-electron chi connectivity index (χ0n) is 20.9. The second kappa shape index (κ2) is 10.5. The molecule has 1 heterocycles. The number of carbonyl (C=O) groups excluding carboxylic acids is 3. The van der Waals surface area contributed by atoms with Gasteiger partial charge in [0.15, 0.2) is 17.3 Å². The van der Waals surface area contributed by atoms with Crippen LogP contribution in [0.1, 0.15) is 60.4 Å². The molecular formula is C30H28N2O4. The number of hydrogen-bond acceptors (Lipinski definition) is 5. The topological polar surface area (TPSA) is 78.3 Å². The number of esters is 1. The first-order valence-electron chi connectivity index (χ1n) is 11.8. The molecule has 0 atom stereocenters. The summed E-state index contributed by atoms with van der Waals surface area (Å²) in [5.74, 6) is -1.25. The molecule has 0 bridgehead atoms. The van der Waals surface area contributed by atoms with E-state index in [-0.39, 0.29) is 36.0 Å². The number of aryl methyl sites for hydroxylation is 3. The molecule has 0 saturated heterocycles. The van der Waals surface area contributed by atoms with E-state index in [0.717, 1.165) is 16.7 Å². The molecule has 0 radical (unpaired) electrons. The standard InChI is InChI=1S/C30H28N2O4/c1-5-36-30(35)27-26(29(34)24-16-10-21(4)11-17-24)28(23-14-8-20(3)9-15-23)32(31-27)18-25(33)22-12-6-19(2)7-13-22/h6-17H,5,18H2,1-4H3. The molecule has 36 heavy (non-hydrogen) atoms. The van der Waals surface area contributed by atoms with Gasteiger partial charge in [-0.05, 0) is 27.7 Å². The highest BCUT2D eigenvalue weighted by Gasteiger charge is 2.31. The average Bonchev–Trinajstić information content (AvgIpc) is 3.24. The largest absolute Gasteiger partial charge is 0.461 e. The van der Waals surface area contributed by atoms with Crippen molar-refractivity contribution in [2.24, 2.45) is 0 Å². The van der Waals surface area contributed by atoms with E-state index in [9.17, 15) is 14.4 Å². The third-order valence-corrected chi connectivity index (χ3v) is 5.95. The van der Waals surface area contributed by atoms with Crippen LogP contribution in [-0.4, -0.2) is 33.9 Å². The molecule has 0 spiro atoms. The Kier molecular flexibility index (Phi) is 7.25. The van der Waals surface area contributed by atoms with Crippen LogP contribution in [0.25, 0.3) is 11.3 Å². The van der Waals surface area contributed by atoms with Gasteiger partial charge in [-0.15, -0.1) is 0 Å². The van der Waals surface area contributed by atoms with Gasteiger partial charge in [-0.25, -0.2) is 4.79 Å². The minimum Gasteiger partial charge on any atom is -0.461 e. The molecule has 0 amide bonds. The predicted octanol–water partition coefficient (Wildman–Crippen LogP) is 5.77. The van der Waals surface area contributed by atoms with E-state index in [0.29, 0.717) is 22.4 Å². The maximum Gasteiger partial charge on any atom is 0.359 e. The summed E-state index contributed by atoms with van der Waals surface area (Å²) in [6, 6.07) is 21.9. The Morgan fingerprint density at radius 1 is 0.750 bits per heavy atom. The van der Waals surface area contributed by atoms with Crippen LogP contribution in [-0.2, 0) is 11.3 Å². The molecular weight excluding hydrogens is 452 g/mol. The van der Waals surface area contributed by atoms with Crippen molar-refractivity contribution in [3.05, 3.63) is 112 Å². The number of ketones is 2. The molecule has 0 N–H and O–H groups in total. The maximum absolute atomic E-state index is 13.8. The van der Waals surface area contributed by atoms with Gasteiger partial charge in [-0.2, -0.15) is 5.10 Å². The molecule has 6 nitrogen and oxygen atoms in total. The van der Waals surface area contributed by atoms with Crippen molar-refractivity contribution in [1.82, 2.24) is 9.78 Å². The third-order valence-electron chi connectivity index (χ3n) is 5.95. The molecule has 0 fully saturated rings. The lowest BCUT2D eigenvalue weighted by atomic mass is 9.96. The van der Waals surface area contributed by atoms with E-state index >= 15 is 0 Å². The number of benzene rings is 3. The fraction of sp³-hybridized carbons (Fsp3) is 0.200. The second-order valence-electron chi connectivity index (χ2n) is 8.80. The number of hydrogen-bond donors (Lipinski definition) is 0. The summed E-state index contributed by atoms with van der Waals surface area (Å²) < 4.78 is 6.69. The van der Waals surface area contributed by atoms with E-state index in [1.165, 1.54) is 4.68 Å². The van der Waals surface area contributed by atoms with Crippen LogP contribution in [0, 0.1) is 20.8 Å². The highest BCUT2D eigenvalue weighted by atomic mass is 16.5. The second-order valence-corrected chi connectivity index (χ2v) is 8.80. The summed E-state index contributed by atoms with van der Waals surface area (Å²) in [4.78, 5) is 40.0. The van der Waals surface area contributed by atoms with Crippen LogP contribution >= 0.6 is 0 Å². The van der Waals surface area contributed by atoms with Crippen LogP contribution in [0.4, 0.5) is 0 Å². The molecule has 3 aromatic carbocycles. The van der Waals surface area contributed by atoms with Crippen molar-refractivity contribution in [2.75, 3.05) is 6.61 Å². The number of rotatable bonds is 8. The summed E-state index contributed by atoms with van der Waals surface area (Å²) in [7, 11) is 0. The lowest BCUT2D eigenvalue weighted by Crippen LogP contribution is -2.14. The van der Waals surface area contributed by atoms with Gasteiger partial charge in [0.1, 0.15) is 6.54 Å². The Balaban J connectivity index is 1.91. The van der Waals surface area contributed by atoms with Crippen molar-refractivity contribution in [3.63, 3.8) is 0 Å². The van der Waals surface area contributed by atoms with Gasteiger partial charge in [0.2, 0.25) is 0 Å². The zero-order chi connectivity index (χ0) is 25.8. The first-order chi connectivity index (χ1) is 17.3. The van der Waals surface area contributed by atoms with Crippen LogP contribution in [0.5, 0.6) is 0 Å². The van der Waals surface area contributed by atoms with E-state index in [4.69, 9.17) is 4.74 Å². The lowest BCUT2D eigenvalue weighted by Gasteiger charge is -2.11. The number of nitrogens with zero attached hydrogens (tertiary/aromatic N) is 2. The van der Waals surface area contributed by atoms with E-state index in [1.807, 2.05) is 69.3 Å². The van der Waals surface area contributed by atoms with Crippen LogP contribution in [0.2, 0.25) is 0 Å². The first-order valence-corrected chi connectivity index (χ1v) is 11.8. The van der Waals surface area contributed by atoms with Gasteiger partial charge in [-0.3, -0.25) is 14.3 Å². The van der Waals surface area contributed by atoms with Crippen molar-refractivity contribution in [2.45, 2.75) is 34.2 Å². The van der Waals surface area contributed by atoms with Gasteiger partial charge < -0.3 is 4.74 Å². The molecule has 0 aliphatic heterocycles. The molecule has 182 valence electrons. The van der Waals surface area contributed by atoms with Gasteiger partial charge in [0, 0.05) is 16.7 Å². The predicted molar refractivity (Wildman–Crippen MR) is 138 cm³/mol. The molecule has 0 aliphatic rings.